The standard InChI is InChI=1S/C15H20F2N2O/c1-15(16,17)13(10-6-8-11(18)9-7-10)14(20)19-12-4-2-3-5-12/h6-9,12-13H,2-5,18H2,1H3,(H,19,20). The fourth-order valence-corrected chi connectivity index (χ4v) is 2.72. The van der Waals surface area contributed by atoms with E-state index in [1.807, 2.05) is 0 Å². The van der Waals surface area contributed by atoms with Gasteiger partial charge in [0.25, 0.3) is 5.92 Å². The molecule has 0 heterocycles. The van der Waals surface area contributed by atoms with E-state index in [-0.39, 0.29) is 6.04 Å². The Hall–Kier alpha value is -1.65. The molecule has 1 amide bonds. The number of benzene rings is 1. The molecule has 3 N–H and O–H groups in total. The van der Waals surface area contributed by atoms with Gasteiger partial charge in [-0.05, 0) is 30.5 Å². The Morgan fingerprint density at radius 3 is 2.35 bits per heavy atom. The van der Waals surface area contributed by atoms with Crippen LogP contribution in [0.5, 0.6) is 0 Å². The lowest BCUT2D eigenvalue weighted by atomic mass is 9.92. The van der Waals surface area contributed by atoms with Crippen molar-refractivity contribution in [3.8, 4) is 0 Å². The van der Waals surface area contributed by atoms with Gasteiger partial charge in [-0.1, -0.05) is 25.0 Å². The van der Waals surface area contributed by atoms with E-state index >= 15 is 0 Å². The molecule has 1 aliphatic rings. The second-order valence-corrected chi connectivity index (χ2v) is 5.55. The Kier molecular flexibility index (Phi) is 4.26. The summed E-state index contributed by atoms with van der Waals surface area (Å²) in [5.74, 6) is -5.18. The van der Waals surface area contributed by atoms with Crippen LogP contribution in [0.15, 0.2) is 24.3 Å². The normalized spacial score (nSPS) is 17.9. The Labute approximate surface area is 117 Å². The fourth-order valence-electron chi connectivity index (χ4n) is 2.72. The van der Waals surface area contributed by atoms with Crippen LogP contribution >= 0.6 is 0 Å². The van der Waals surface area contributed by atoms with Gasteiger partial charge in [0.1, 0.15) is 5.92 Å². The van der Waals surface area contributed by atoms with Gasteiger partial charge in [-0.3, -0.25) is 4.79 Å². The number of amides is 1. The van der Waals surface area contributed by atoms with Crippen LogP contribution in [0.4, 0.5) is 14.5 Å². The molecule has 1 aromatic rings. The predicted molar refractivity (Wildman–Crippen MR) is 74.6 cm³/mol. The van der Waals surface area contributed by atoms with Gasteiger partial charge in [0, 0.05) is 18.7 Å². The summed E-state index contributed by atoms with van der Waals surface area (Å²) >= 11 is 0. The maximum absolute atomic E-state index is 13.8. The third kappa shape index (κ3) is 3.46. The summed E-state index contributed by atoms with van der Waals surface area (Å²) in [5.41, 5.74) is 6.34. The molecular formula is C15H20F2N2O. The molecule has 0 radical (unpaired) electrons. The van der Waals surface area contributed by atoms with Crippen LogP contribution in [0, 0.1) is 0 Å². The summed E-state index contributed by atoms with van der Waals surface area (Å²) in [6, 6.07) is 6.09. The Morgan fingerprint density at radius 2 is 1.85 bits per heavy atom. The van der Waals surface area contributed by atoms with Crippen LogP contribution in [-0.4, -0.2) is 17.9 Å². The second kappa shape index (κ2) is 5.77. The predicted octanol–water partition coefficient (Wildman–Crippen LogP) is 3.07. The van der Waals surface area contributed by atoms with Crippen molar-refractivity contribution in [2.24, 2.45) is 0 Å². The van der Waals surface area contributed by atoms with Crippen LogP contribution in [0.3, 0.4) is 0 Å². The van der Waals surface area contributed by atoms with E-state index in [1.165, 1.54) is 24.3 Å². The van der Waals surface area contributed by atoms with Crippen molar-refractivity contribution in [3.05, 3.63) is 29.8 Å². The van der Waals surface area contributed by atoms with E-state index < -0.39 is 17.7 Å². The van der Waals surface area contributed by atoms with Gasteiger partial charge < -0.3 is 11.1 Å². The highest BCUT2D eigenvalue weighted by Crippen LogP contribution is 2.34. The molecule has 1 aromatic carbocycles. The first-order chi connectivity index (χ1) is 9.38. The zero-order valence-electron chi connectivity index (χ0n) is 11.5. The van der Waals surface area contributed by atoms with Crippen LogP contribution in [-0.2, 0) is 4.79 Å². The average Bonchev–Trinajstić information content (AvgIpc) is 2.83. The largest absolute Gasteiger partial charge is 0.399 e. The SMILES string of the molecule is CC(F)(F)C(C(=O)NC1CCCC1)c1ccc(N)cc1. The lowest BCUT2D eigenvalue weighted by Gasteiger charge is -2.25. The molecule has 0 saturated heterocycles. The minimum atomic E-state index is -3.11. The van der Waals surface area contributed by atoms with E-state index in [0.29, 0.717) is 11.3 Å². The Bertz CT molecular complexity index is 462. The number of nitrogen functional groups attached to an aromatic ring is 1. The molecule has 0 spiro atoms. The topological polar surface area (TPSA) is 55.1 Å². The molecule has 2 rings (SSSR count). The Morgan fingerprint density at radius 1 is 1.30 bits per heavy atom. The molecule has 20 heavy (non-hydrogen) atoms. The molecule has 1 aliphatic carbocycles. The van der Waals surface area contributed by atoms with Crippen molar-refractivity contribution < 1.29 is 13.6 Å². The van der Waals surface area contributed by atoms with Gasteiger partial charge in [0.05, 0.1) is 0 Å². The smallest absolute Gasteiger partial charge is 0.260 e. The number of nitrogens with one attached hydrogen (secondary N) is 1. The van der Waals surface area contributed by atoms with Crippen molar-refractivity contribution in [2.75, 3.05) is 5.73 Å². The third-order valence-corrected chi connectivity index (χ3v) is 3.74. The first-order valence-corrected chi connectivity index (χ1v) is 6.91. The number of carbonyl (C=O) groups is 1. The molecule has 1 unspecified atom stereocenters. The van der Waals surface area contributed by atoms with E-state index in [2.05, 4.69) is 5.32 Å². The maximum Gasteiger partial charge on any atom is 0.260 e. The van der Waals surface area contributed by atoms with E-state index in [9.17, 15) is 13.6 Å². The van der Waals surface area contributed by atoms with Gasteiger partial charge in [0.15, 0.2) is 0 Å². The number of rotatable bonds is 4. The minimum Gasteiger partial charge on any atom is -0.399 e. The molecule has 3 nitrogen and oxygen atoms in total. The summed E-state index contributed by atoms with van der Waals surface area (Å²) in [6.07, 6.45) is 3.82. The molecule has 1 fully saturated rings. The lowest BCUT2D eigenvalue weighted by molar-refractivity contribution is -0.131. The first kappa shape index (κ1) is 14.8. The average molecular weight is 282 g/mol. The van der Waals surface area contributed by atoms with E-state index in [1.54, 1.807) is 0 Å². The summed E-state index contributed by atoms with van der Waals surface area (Å²) in [6.45, 7) is 0.780. The van der Waals surface area contributed by atoms with Crippen molar-refractivity contribution in [1.29, 1.82) is 0 Å². The number of hydrogen-bond donors (Lipinski definition) is 2. The fraction of sp³-hybridized carbons (Fsp3) is 0.533. The zero-order chi connectivity index (χ0) is 14.8. The quantitative estimate of drug-likeness (QED) is 0.834. The number of anilines is 1. The molecule has 1 saturated carbocycles. The lowest BCUT2D eigenvalue weighted by Crippen LogP contribution is -2.42. The van der Waals surface area contributed by atoms with E-state index in [4.69, 9.17) is 5.73 Å². The van der Waals surface area contributed by atoms with Crippen molar-refractivity contribution in [2.45, 2.75) is 50.5 Å². The number of halogens is 2. The molecule has 0 bridgehead atoms. The first-order valence-electron chi connectivity index (χ1n) is 6.91. The Balaban J connectivity index is 2.18. The summed E-state index contributed by atoms with van der Waals surface area (Å²) in [5, 5.41) is 2.75. The summed E-state index contributed by atoms with van der Waals surface area (Å²) < 4.78 is 27.6. The van der Waals surface area contributed by atoms with Gasteiger partial charge in [-0.15, -0.1) is 0 Å². The zero-order valence-corrected chi connectivity index (χ0v) is 11.5. The molecule has 0 aromatic heterocycles. The van der Waals surface area contributed by atoms with Crippen LogP contribution in [0.25, 0.3) is 0 Å². The molecule has 5 heteroatoms. The highest BCUT2D eigenvalue weighted by Gasteiger charge is 2.41. The van der Waals surface area contributed by atoms with Crippen LogP contribution in [0.1, 0.15) is 44.1 Å². The molecule has 110 valence electrons. The number of nitrogens with two attached hydrogens (primary N) is 1. The molecular weight excluding hydrogens is 262 g/mol. The number of alkyl halides is 2. The van der Waals surface area contributed by atoms with Crippen molar-refractivity contribution in [3.63, 3.8) is 0 Å². The minimum absolute atomic E-state index is 0.0288. The summed E-state index contributed by atoms with van der Waals surface area (Å²) in [4.78, 5) is 12.2. The highest BCUT2D eigenvalue weighted by molar-refractivity contribution is 5.85. The van der Waals surface area contributed by atoms with Gasteiger partial charge in [0.2, 0.25) is 5.91 Å². The highest BCUT2D eigenvalue weighted by atomic mass is 19.3. The van der Waals surface area contributed by atoms with Crippen molar-refractivity contribution >= 4 is 11.6 Å². The van der Waals surface area contributed by atoms with Gasteiger partial charge in [-0.25, -0.2) is 8.78 Å². The third-order valence-electron chi connectivity index (χ3n) is 3.74. The van der Waals surface area contributed by atoms with Crippen molar-refractivity contribution in [1.82, 2.24) is 5.32 Å². The summed E-state index contributed by atoms with van der Waals surface area (Å²) in [7, 11) is 0. The van der Waals surface area contributed by atoms with Crippen LogP contribution in [0.2, 0.25) is 0 Å². The van der Waals surface area contributed by atoms with Crippen LogP contribution < -0.4 is 11.1 Å². The van der Waals surface area contributed by atoms with Gasteiger partial charge >= 0.3 is 0 Å². The second-order valence-electron chi connectivity index (χ2n) is 5.55. The van der Waals surface area contributed by atoms with E-state index in [0.717, 1.165) is 32.6 Å². The maximum atomic E-state index is 13.8. The molecule has 1 atom stereocenters. The monoisotopic (exact) mass is 282 g/mol. The van der Waals surface area contributed by atoms with Gasteiger partial charge in [-0.2, -0.15) is 0 Å². The number of hydrogen-bond acceptors (Lipinski definition) is 2. The number of carbonyl (C=O) groups excluding carboxylic acids is 1. The molecule has 0 aliphatic heterocycles.